The molecule has 1 N–H and O–H groups in total. The van der Waals surface area contributed by atoms with Gasteiger partial charge in [-0.05, 0) is 63.1 Å². The molecule has 1 aromatic heterocycles. The van der Waals surface area contributed by atoms with Crippen LogP contribution in [0.4, 0.5) is 24.5 Å². The standard InChI is InChI=1S/C27H29F3N4O5/c1-5-31-21-12-11-18(13-22(21)32(6-2)25(31)37)33-15-19(24(36)39-7-3)23(35)34(26(33)38)14-17-9-8-10-20(16(17)4)27(28,29)30/h8-13,15,25,37H,5-7,14H2,1-4H3. The Morgan fingerprint density at radius 1 is 1.03 bits per heavy atom. The molecule has 0 aliphatic carbocycles. The van der Waals surface area contributed by atoms with Crippen LogP contribution in [0.5, 0.6) is 0 Å². The summed E-state index contributed by atoms with van der Waals surface area (Å²) in [5.74, 6) is -0.963. The molecule has 2 aromatic carbocycles. The van der Waals surface area contributed by atoms with Crippen molar-refractivity contribution in [1.82, 2.24) is 9.13 Å². The molecule has 0 spiro atoms. The molecule has 0 fully saturated rings. The average molecular weight is 547 g/mol. The quantitative estimate of drug-likeness (QED) is 0.453. The molecular formula is C27H29F3N4O5. The summed E-state index contributed by atoms with van der Waals surface area (Å²) in [6, 6.07) is 8.50. The minimum absolute atomic E-state index is 0.0286. The Morgan fingerprint density at radius 3 is 2.31 bits per heavy atom. The number of carbonyl (C=O) groups is 1. The van der Waals surface area contributed by atoms with Crippen molar-refractivity contribution >= 4 is 17.3 Å². The van der Waals surface area contributed by atoms with Crippen LogP contribution < -0.4 is 21.0 Å². The lowest BCUT2D eigenvalue weighted by Crippen LogP contribution is -2.43. The molecule has 0 saturated carbocycles. The molecule has 1 atom stereocenters. The van der Waals surface area contributed by atoms with Crippen LogP contribution in [0.2, 0.25) is 0 Å². The number of aromatic nitrogens is 2. The zero-order valence-electron chi connectivity index (χ0n) is 22.0. The van der Waals surface area contributed by atoms with Crippen molar-refractivity contribution in [3.63, 3.8) is 0 Å². The van der Waals surface area contributed by atoms with E-state index in [4.69, 9.17) is 4.74 Å². The molecule has 0 radical (unpaired) electrons. The number of halogens is 3. The normalized spacial score (nSPS) is 15.0. The lowest BCUT2D eigenvalue weighted by molar-refractivity contribution is -0.138. The van der Waals surface area contributed by atoms with Crippen molar-refractivity contribution < 1.29 is 27.8 Å². The number of rotatable bonds is 7. The van der Waals surface area contributed by atoms with Gasteiger partial charge in [0, 0.05) is 19.3 Å². The fourth-order valence-electron chi connectivity index (χ4n) is 4.83. The zero-order chi connectivity index (χ0) is 28.6. The number of carbonyl (C=O) groups excluding carboxylic acids is 1. The minimum Gasteiger partial charge on any atom is -0.462 e. The summed E-state index contributed by atoms with van der Waals surface area (Å²) in [5.41, 5.74) is -1.51. The van der Waals surface area contributed by atoms with E-state index in [0.717, 1.165) is 27.1 Å². The number of hydrogen-bond donors (Lipinski definition) is 1. The van der Waals surface area contributed by atoms with Gasteiger partial charge >= 0.3 is 17.8 Å². The van der Waals surface area contributed by atoms with Crippen LogP contribution in [-0.4, -0.2) is 46.3 Å². The van der Waals surface area contributed by atoms with E-state index in [-0.39, 0.29) is 17.7 Å². The maximum atomic E-state index is 13.6. The zero-order valence-corrected chi connectivity index (χ0v) is 22.0. The van der Waals surface area contributed by atoms with Crippen LogP contribution in [0.25, 0.3) is 5.69 Å². The number of alkyl halides is 3. The smallest absolute Gasteiger partial charge is 0.416 e. The molecule has 39 heavy (non-hydrogen) atoms. The molecule has 0 amide bonds. The molecule has 2 heterocycles. The Labute approximate surface area is 222 Å². The summed E-state index contributed by atoms with van der Waals surface area (Å²) in [4.78, 5) is 43.1. The Hall–Kier alpha value is -4.06. The lowest BCUT2D eigenvalue weighted by Gasteiger charge is -2.26. The Bertz CT molecular complexity index is 1530. The number of ether oxygens (including phenoxy) is 1. The van der Waals surface area contributed by atoms with Crippen molar-refractivity contribution in [2.45, 2.75) is 46.8 Å². The molecular weight excluding hydrogens is 517 g/mol. The van der Waals surface area contributed by atoms with Crippen LogP contribution in [0.3, 0.4) is 0 Å². The Balaban J connectivity index is 1.92. The summed E-state index contributed by atoms with van der Waals surface area (Å²) in [7, 11) is 0. The van der Waals surface area contributed by atoms with Crippen molar-refractivity contribution in [1.29, 1.82) is 0 Å². The number of aliphatic hydroxyl groups is 1. The van der Waals surface area contributed by atoms with E-state index in [1.54, 1.807) is 34.9 Å². The van der Waals surface area contributed by atoms with E-state index >= 15 is 0 Å². The van der Waals surface area contributed by atoms with Gasteiger partial charge in [0.1, 0.15) is 5.56 Å². The highest BCUT2D eigenvalue weighted by Crippen LogP contribution is 2.39. The molecule has 0 bridgehead atoms. The predicted molar refractivity (Wildman–Crippen MR) is 140 cm³/mol. The average Bonchev–Trinajstić information content (AvgIpc) is 3.16. The highest BCUT2D eigenvalue weighted by Gasteiger charge is 2.34. The van der Waals surface area contributed by atoms with E-state index in [9.17, 15) is 32.7 Å². The molecule has 4 rings (SSSR count). The van der Waals surface area contributed by atoms with Crippen molar-refractivity contribution in [3.05, 3.63) is 85.7 Å². The van der Waals surface area contributed by atoms with Crippen molar-refractivity contribution in [2.75, 3.05) is 29.5 Å². The molecule has 0 saturated heterocycles. The summed E-state index contributed by atoms with van der Waals surface area (Å²) in [6.45, 7) is 7.05. The highest BCUT2D eigenvalue weighted by atomic mass is 19.4. The van der Waals surface area contributed by atoms with Crippen molar-refractivity contribution in [2.24, 2.45) is 0 Å². The van der Waals surface area contributed by atoms with Crippen LogP contribution in [0, 0.1) is 6.92 Å². The molecule has 1 unspecified atom stereocenters. The van der Waals surface area contributed by atoms with E-state index in [1.165, 1.54) is 19.1 Å². The second-order valence-corrected chi connectivity index (χ2v) is 8.99. The highest BCUT2D eigenvalue weighted by molar-refractivity contribution is 5.88. The van der Waals surface area contributed by atoms with E-state index in [2.05, 4.69) is 0 Å². The molecule has 3 aromatic rings. The maximum Gasteiger partial charge on any atom is 0.416 e. The first-order chi connectivity index (χ1) is 18.4. The van der Waals surface area contributed by atoms with Gasteiger partial charge in [-0.15, -0.1) is 0 Å². The van der Waals surface area contributed by atoms with E-state index in [0.29, 0.717) is 24.5 Å². The number of fused-ring (bicyclic) bond motifs is 1. The lowest BCUT2D eigenvalue weighted by atomic mass is 10.0. The first-order valence-corrected chi connectivity index (χ1v) is 12.5. The van der Waals surface area contributed by atoms with Crippen LogP contribution in [-0.2, 0) is 17.5 Å². The van der Waals surface area contributed by atoms with Gasteiger partial charge in [0.25, 0.3) is 5.56 Å². The van der Waals surface area contributed by atoms with Gasteiger partial charge in [0.15, 0.2) is 0 Å². The van der Waals surface area contributed by atoms with Crippen molar-refractivity contribution in [3.8, 4) is 5.69 Å². The summed E-state index contributed by atoms with van der Waals surface area (Å²) in [5, 5.41) is 10.7. The van der Waals surface area contributed by atoms with Gasteiger partial charge in [0.2, 0.25) is 6.35 Å². The number of esters is 1. The summed E-state index contributed by atoms with van der Waals surface area (Å²) >= 11 is 0. The number of benzene rings is 2. The monoisotopic (exact) mass is 546 g/mol. The molecule has 9 nitrogen and oxygen atoms in total. The number of aliphatic hydroxyl groups excluding tert-OH is 1. The van der Waals surface area contributed by atoms with Gasteiger partial charge in [0.05, 0.1) is 35.8 Å². The van der Waals surface area contributed by atoms with Gasteiger partial charge in [-0.1, -0.05) is 12.1 Å². The molecule has 1 aliphatic heterocycles. The maximum absolute atomic E-state index is 13.6. The third kappa shape index (κ3) is 4.91. The minimum atomic E-state index is -4.62. The third-order valence-corrected chi connectivity index (χ3v) is 6.84. The Morgan fingerprint density at radius 2 is 1.69 bits per heavy atom. The summed E-state index contributed by atoms with van der Waals surface area (Å²) in [6.07, 6.45) is -4.45. The van der Waals surface area contributed by atoms with Crippen LogP contribution in [0.1, 0.15) is 47.8 Å². The van der Waals surface area contributed by atoms with E-state index < -0.39 is 47.4 Å². The summed E-state index contributed by atoms with van der Waals surface area (Å²) < 4.78 is 47.3. The van der Waals surface area contributed by atoms with Gasteiger partial charge in [-0.3, -0.25) is 13.9 Å². The first kappa shape index (κ1) is 28.0. The fraction of sp³-hybridized carbons (Fsp3) is 0.370. The fourth-order valence-corrected chi connectivity index (χ4v) is 4.83. The third-order valence-electron chi connectivity index (χ3n) is 6.84. The van der Waals surface area contributed by atoms with Gasteiger partial charge < -0.3 is 19.6 Å². The van der Waals surface area contributed by atoms with Gasteiger partial charge in [-0.25, -0.2) is 9.59 Å². The number of hydrogen-bond acceptors (Lipinski definition) is 7. The topological polar surface area (TPSA) is 97.0 Å². The number of anilines is 2. The molecule has 1 aliphatic rings. The molecule has 208 valence electrons. The predicted octanol–water partition coefficient (Wildman–Crippen LogP) is 3.49. The van der Waals surface area contributed by atoms with Crippen LogP contribution in [0.15, 0.2) is 52.2 Å². The second kappa shape index (κ2) is 10.6. The number of nitrogens with zero attached hydrogens (tertiary/aromatic N) is 4. The van der Waals surface area contributed by atoms with Gasteiger partial charge in [-0.2, -0.15) is 13.2 Å². The second-order valence-electron chi connectivity index (χ2n) is 8.99. The van der Waals surface area contributed by atoms with E-state index in [1.807, 2.05) is 13.8 Å². The molecule has 12 heteroatoms. The first-order valence-electron chi connectivity index (χ1n) is 12.5. The Kier molecular flexibility index (Phi) is 7.60. The largest absolute Gasteiger partial charge is 0.462 e. The SMILES string of the molecule is CCOC(=O)c1cn(-c2ccc3c(c2)N(CC)C(O)N3CC)c(=O)n(Cc2cccc(C(F)(F)F)c2C)c1=O. The van der Waals surface area contributed by atoms with Crippen LogP contribution >= 0.6 is 0 Å².